The molecular formula is C13H14BrF3. The molecule has 0 radical (unpaired) electrons. The van der Waals surface area contributed by atoms with Gasteiger partial charge in [0.25, 0.3) is 0 Å². The lowest BCUT2D eigenvalue weighted by atomic mass is 9.91. The molecule has 0 aliphatic heterocycles. The van der Waals surface area contributed by atoms with Crippen molar-refractivity contribution in [1.29, 1.82) is 0 Å². The third-order valence-corrected chi connectivity index (χ3v) is 4.49. The van der Waals surface area contributed by atoms with Gasteiger partial charge in [0.05, 0.1) is 0 Å². The second kappa shape index (κ2) is 5.42. The molecule has 1 aliphatic rings. The van der Waals surface area contributed by atoms with Crippen molar-refractivity contribution in [2.24, 2.45) is 0 Å². The van der Waals surface area contributed by atoms with Crippen molar-refractivity contribution >= 4 is 15.9 Å². The van der Waals surface area contributed by atoms with E-state index in [9.17, 15) is 13.2 Å². The monoisotopic (exact) mass is 306 g/mol. The Kier molecular flexibility index (Phi) is 4.13. The Morgan fingerprint density at radius 3 is 2.41 bits per heavy atom. The first-order valence-corrected chi connectivity index (χ1v) is 6.80. The molecule has 0 spiro atoms. The third kappa shape index (κ3) is 2.67. The fourth-order valence-corrected chi connectivity index (χ4v) is 3.31. The zero-order chi connectivity index (χ0) is 12.4. The van der Waals surface area contributed by atoms with Crippen molar-refractivity contribution in [1.82, 2.24) is 0 Å². The summed E-state index contributed by atoms with van der Waals surface area (Å²) in [6.07, 6.45) is 4.98. The number of rotatable bonds is 1. The molecule has 2 atom stereocenters. The number of benzene rings is 1. The average Bonchev–Trinajstić information content (AvgIpc) is 2.52. The van der Waals surface area contributed by atoms with E-state index in [1.54, 1.807) is 0 Å². The third-order valence-electron chi connectivity index (χ3n) is 3.40. The van der Waals surface area contributed by atoms with Crippen LogP contribution in [0.25, 0.3) is 0 Å². The molecule has 1 aromatic rings. The fraction of sp³-hybridized carbons (Fsp3) is 0.538. The standard InChI is InChI=1S/C13H14BrF3/c14-10-5-3-1-2-4-8(10)9-6-7-11(15)13(17)12(9)16/h6-8,10H,1-5H2. The summed E-state index contributed by atoms with van der Waals surface area (Å²) in [4.78, 5) is 0.143. The van der Waals surface area contributed by atoms with E-state index < -0.39 is 17.5 Å². The van der Waals surface area contributed by atoms with Gasteiger partial charge in [0.1, 0.15) is 0 Å². The molecule has 1 saturated carbocycles. The molecule has 2 unspecified atom stereocenters. The molecule has 4 heteroatoms. The zero-order valence-corrected chi connectivity index (χ0v) is 10.9. The van der Waals surface area contributed by atoms with Gasteiger partial charge in [0.15, 0.2) is 17.5 Å². The van der Waals surface area contributed by atoms with Gasteiger partial charge in [-0.1, -0.05) is 41.3 Å². The van der Waals surface area contributed by atoms with E-state index in [2.05, 4.69) is 15.9 Å². The first-order chi connectivity index (χ1) is 8.11. The summed E-state index contributed by atoms with van der Waals surface area (Å²) in [7, 11) is 0. The molecular weight excluding hydrogens is 293 g/mol. The van der Waals surface area contributed by atoms with Crippen LogP contribution in [0.5, 0.6) is 0 Å². The van der Waals surface area contributed by atoms with Crippen molar-refractivity contribution in [3.05, 3.63) is 35.1 Å². The van der Waals surface area contributed by atoms with Crippen molar-refractivity contribution in [3.8, 4) is 0 Å². The van der Waals surface area contributed by atoms with Gasteiger partial charge in [0.2, 0.25) is 0 Å². The molecule has 2 rings (SSSR count). The van der Waals surface area contributed by atoms with Gasteiger partial charge in [-0.15, -0.1) is 0 Å². The predicted octanol–water partition coefficient (Wildman–Crippen LogP) is 4.92. The molecule has 0 aromatic heterocycles. The second-order valence-corrected chi connectivity index (χ2v) is 5.70. The molecule has 0 saturated heterocycles. The van der Waals surface area contributed by atoms with Gasteiger partial charge in [0, 0.05) is 4.83 Å². The Bertz CT molecular complexity index is 406. The Morgan fingerprint density at radius 1 is 0.941 bits per heavy atom. The van der Waals surface area contributed by atoms with E-state index >= 15 is 0 Å². The molecule has 17 heavy (non-hydrogen) atoms. The van der Waals surface area contributed by atoms with Gasteiger partial charge < -0.3 is 0 Å². The van der Waals surface area contributed by atoms with Gasteiger partial charge in [-0.2, -0.15) is 0 Å². The summed E-state index contributed by atoms with van der Waals surface area (Å²) in [6, 6.07) is 2.39. The highest BCUT2D eigenvalue weighted by molar-refractivity contribution is 9.09. The molecule has 1 aliphatic carbocycles. The fourth-order valence-electron chi connectivity index (χ4n) is 2.44. The Hall–Kier alpha value is -0.510. The van der Waals surface area contributed by atoms with Crippen LogP contribution in [-0.4, -0.2) is 4.83 Å². The summed E-state index contributed by atoms with van der Waals surface area (Å²) < 4.78 is 39.8. The summed E-state index contributed by atoms with van der Waals surface area (Å²) in [6.45, 7) is 0. The van der Waals surface area contributed by atoms with Crippen molar-refractivity contribution in [2.75, 3.05) is 0 Å². The maximum Gasteiger partial charge on any atom is 0.194 e. The molecule has 1 fully saturated rings. The van der Waals surface area contributed by atoms with Gasteiger partial charge in [-0.3, -0.25) is 0 Å². The summed E-state index contributed by atoms with van der Waals surface area (Å²) in [5, 5.41) is 0. The Balaban J connectivity index is 2.35. The van der Waals surface area contributed by atoms with E-state index in [0.29, 0.717) is 5.56 Å². The zero-order valence-electron chi connectivity index (χ0n) is 9.36. The van der Waals surface area contributed by atoms with Crippen LogP contribution in [-0.2, 0) is 0 Å². The minimum atomic E-state index is -1.36. The van der Waals surface area contributed by atoms with E-state index in [0.717, 1.165) is 38.2 Å². The smallest absolute Gasteiger partial charge is 0.194 e. The van der Waals surface area contributed by atoms with Crippen LogP contribution in [0.4, 0.5) is 13.2 Å². The summed E-state index contributed by atoms with van der Waals surface area (Å²) in [5.74, 6) is -3.56. The van der Waals surface area contributed by atoms with Gasteiger partial charge in [-0.25, -0.2) is 13.2 Å². The van der Waals surface area contributed by atoms with E-state index in [1.807, 2.05) is 0 Å². The first kappa shape index (κ1) is 12.9. The van der Waals surface area contributed by atoms with Crippen LogP contribution < -0.4 is 0 Å². The molecule has 0 N–H and O–H groups in total. The molecule has 0 amide bonds. The summed E-state index contributed by atoms with van der Waals surface area (Å²) in [5.41, 5.74) is 0.299. The lowest BCUT2D eigenvalue weighted by Crippen LogP contribution is -2.13. The van der Waals surface area contributed by atoms with Crippen LogP contribution in [0.3, 0.4) is 0 Å². The largest absolute Gasteiger partial charge is 0.204 e. The average molecular weight is 307 g/mol. The number of hydrogen-bond donors (Lipinski definition) is 0. The van der Waals surface area contributed by atoms with Crippen LogP contribution in [0, 0.1) is 17.5 Å². The lowest BCUT2D eigenvalue weighted by Gasteiger charge is -2.21. The van der Waals surface area contributed by atoms with Crippen LogP contribution in [0.1, 0.15) is 43.6 Å². The highest BCUT2D eigenvalue weighted by Gasteiger charge is 2.27. The Morgan fingerprint density at radius 2 is 1.65 bits per heavy atom. The minimum absolute atomic E-state index is 0.0624. The van der Waals surface area contributed by atoms with Crippen molar-refractivity contribution < 1.29 is 13.2 Å². The van der Waals surface area contributed by atoms with E-state index in [1.165, 1.54) is 6.07 Å². The molecule has 94 valence electrons. The van der Waals surface area contributed by atoms with Crippen LogP contribution in [0.15, 0.2) is 12.1 Å². The molecule has 0 heterocycles. The summed E-state index contributed by atoms with van der Waals surface area (Å²) >= 11 is 3.54. The Labute approximate surface area is 107 Å². The van der Waals surface area contributed by atoms with E-state index in [-0.39, 0.29) is 10.7 Å². The molecule has 0 nitrogen and oxygen atoms in total. The SMILES string of the molecule is Fc1ccc(C2CCCCCC2Br)c(F)c1F. The molecule has 1 aromatic carbocycles. The molecule has 0 bridgehead atoms. The minimum Gasteiger partial charge on any atom is -0.204 e. The van der Waals surface area contributed by atoms with Crippen molar-refractivity contribution in [2.45, 2.75) is 42.8 Å². The van der Waals surface area contributed by atoms with Crippen LogP contribution in [0.2, 0.25) is 0 Å². The normalized spacial score (nSPS) is 25.6. The quantitative estimate of drug-likeness (QED) is 0.393. The highest BCUT2D eigenvalue weighted by Crippen LogP contribution is 2.38. The maximum atomic E-state index is 13.7. The van der Waals surface area contributed by atoms with Gasteiger partial charge in [-0.05, 0) is 30.4 Å². The van der Waals surface area contributed by atoms with Gasteiger partial charge >= 0.3 is 0 Å². The topological polar surface area (TPSA) is 0 Å². The highest BCUT2D eigenvalue weighted by atomic mass is 79.9. The number of alkyl halides is 1. The predicted molar refractivity (Wildman–Crippen MR) is 64.9 cm³/mol. The lowest BCUT2D eigenvalue weighted by molar-refractivity contribution is 0.431. The first-order valence-electron chi connectivity index (χ1n) is 5.88. The van der Waals surface area contributed by atoms with E-state index in [4.69, 9.17) is 0 Å². The second-order valence-electron chi connectivity index (χ2n) is 4.53. The number of halogens is 4. The maximum absolute atomic E-state index is 13.7. The van der Waals surface area contributed by atoms with Crippen molar-refractivity contribution in [3.63, 3.8) is 0 Å². The van der Waals surface area contributed by atoms with Crippen LogP contribution >= 0.6 is 15.9 Å². The number of hydrogen-bond acceptors (Lipinski definition) is 0.